The first kappa shape index (κ1) is 27.1. The molecule has 4 rings (SSSR count). The summed E-state index contributed by atoms with van der Waals surface area (Å²) >= 11 is 0. The van der Waals surface area contributed by atoms with Crippen molar-refractivity contribution < 1.29 is 37.7 Å². The normalized spacial score (nSPS) is 25.7. The van der Waals surface area contributed by atoms with Crippen molar-refractivity contribution in [3.8, 4) is 0 Å². The molecule has 4 saturated carbocycles. The maximum Gasteiger partial charge on any atom is 1.00 e. The van der Waals surface area contributed by atoms with Crippen LogP contribution in [0.2, 0.25) is 0 Å². The molecule has 0 N–H and O–H groups in total. The summed E-state index contributed by atoms with van der Waals surface area (Å²) in [5, 5.41) is 9.99. The van der Waals surface area contributed by atoms with Crippen molar-refractivity contribution in [3.63, 3.8) is 0 Å². The molecular weight excluding hydrogens is 330 g/mol. The molecule has 0 atom stereocenters. The first-order valence-electron chi connectivity index (χ1n) is 12.3. The molecule has 152 valence electrons. The van der Waals surface area contributed by atoms with E-state index in [1.54, 1.807) is 0 Å². The predicted molar refractivity (Wildman–Crippen MR) is 114 cm³/mol. The minimum absolute atomic E-state index is 0. The van der Waals surface area contributed by atoms with Crippen LogP contribution in [0.4, 0.5) is 0 Å². The monoisotopic (exact) mass is 374 g/mol. The van der Waals surface area contributed by atoms with E-state index in [4.69, 9.17) is 10.6 Å². The Bertz CT molecular complexity index is 277. The van der Waals surface area contributed by atoms with E-state index in [-0.39, 0.29) is 37.7 Å². The van der Waals surface area contributed by atoms with E-state index in [2.05, 4.69) is 0 Å². The van der Waals surface area contributed by atoms with Crippen molar-refractivity contribution >= 4 is 0 Å². The summed E-state index contributed by atoms with van der Waals surface area (Å²) in [4.78, 5) is 0. The Hall–Kier alpha value is 1.11. The third kappa shape index (κ3) is 10.9. The van der Waals surface area contributed by atoms with E-state index in [9.17, 15) is 0 Å². The van der Waals surface area contributed by atoms with Crippen LogP contribution in [0.15, 0.2) is 0 Å². The van der Waals surface area contributed by atoms with Gasteiger partial charge in [0.05, 0.1) is 0 Å². The molecule has 4 aliphatic rings. The fourth-order valence-electron chi connectivity index (χ4n) is 5.52. The van der Waals surface area contributed by atoms with E-state index in [0.717, 1.165) is 24.2 Å². The molecule has 0 aliphatic heterocycles. The summed E-state index contributed by atoms with van der Waals surface area (Å²) in [6.07, 6.45) is 28.4. The number of hydrogen-bond acceptors (Lipinski definition) is 0. The van der Waals surface area contributed by atoms with E-state index >= 15 is 0 Å². The summed E-state index contributed by atoms with van der Waals surface area (Å²) in [7, 11) is 0. The molecule has 4 aliphatic carbocycles. The second-order valence-corrected chi connectivity index (χ2v) is 9.47. The Morgan fingerprint density at radius 2 is 0.464 bits per heavy atom. The zero-order chi connectivity index (χ0) is 17.9. The second-order valence-electron chi connectivity index (χ2n) is 9.47. The smallest absolute Gasteiger partial charge is 0.657 e. The van der Waals surface area contributed by atoms with Gasteiger partial charge in [0, 0.05) is 0 Å². The molecule has 0 heterocycles. The van der Waals surface area contributed by atoms with Crippen LogP contribution in [0.25, 0.3) is 10.6 Å². The van der Waals surface area contributed by atoms with Gasteiger partial charge in [-0.3, -0.25) is 0 Å². The molecule has 0 amide bonds. The van der Waals surface area contributed by atoms with Crippen LogP contribution in [0.3, 0.4) is 0 Å². The first-order chi connectivity index (χ1) is 12.9. The van der Waals surface area contributed by atoms with Gasteiger partial charge in [0.15, 0.2) is 0 Å². The van der Waals surface area contributed by atoms with Gasteiger partial charge in [-0.15, -0.1) is 24.2 Å². The van der Waals surface area contributed by atoms with Crippen LogP contribution < -0.4 is 37.7 Å². The van der Waals surface area contributed by atoms with Crippen molar-refractivity contribution in [2.45, 2.75) is 153 Å². The molecule has 0 radical (unpaired) electrons. The maximum absolute atomic E-state index is 5.00. The molecule has 0 aromatic rings. The van der Waals surface area contributed by atoms with Crippen LogP contribution in [-0.4, -0.2) is 24.2 Å². The fourth-order valence-corrected chi connectivity index (χ4v) is 5.52. The fraction of sp³-hybridized carbons (Fsp3) is 1.00. The van der Waals surface area contributed by atoms with Gasteiger partial charge in [0.1, 0.15) is 0 Å². The Morgan fingerprint density at radius 3 is 0.643 bits per heavy atom. The van der Waals surface area contributed by atoms with Crippen molar-refractivity contribution in [2.75, 3.05) is 0 Å². The maximum atomic E-state index is 5.00. The molecule has 0 unspecified atom stereocenters. The minimum Gasteiger partial charge on any atom is -0.657 e. The molecule has 0 aromatic heterocycles. The van der Waals surface area contributed by atoms with Crippen LogP contribution in [-0.2, 0) is 0 Å². The molecule has 0 bridgehead atoms. The van der Waals surface area contributed by atoms with Crippen LogP contribution in [0.1, 0.15) is 128 Å². The number of rotatable bonds is 4. The molecule has 2 nitrogen and oxygen atoms in total. The van der Waals surface area contributed by atoms with Crippen molar-refractivity contribution in [3.05, 3.63) is 10.6 Å². The largest absolute Gasteiger partial charge is 1.00 e. The summed E-state index contributed by atoms with van der Waals surface area (Å²) in [6, 6.07) is 2.99. The Balaban J connectivity index is 0.000000261. The molecule has 0 saturated heterocycles. The van der Waals surface area contributed by atoms with Crippen molar-refractivity contribution in [1.29, 1.82) is 0 Å². The summed E-state index contributed by atoms with van der Waals surface area (Å²) < 4.78 is 0. The zero-order valence-electron chi connectivity index (χ0n) is 19.3. The van der Waals surface area contributed by atoms with Gasteiger partial charge in [-0.2, -0.15) is 0 Å². The van der Waals surface area contributed by atoms with E-state index < -0.39 is 0 Å². The van der Waals surface area contributed by atoms with Gasteiger partial charge < -0.3 is 10.6 Å². The van der Waals surface area contributed by atoms with Crippen molar-refractivity contribution in [2.24, 2.45) is 0 Å². The Labute approximate surface area is 200 Å². The SMILES string of the molecule is C1CCC([N-]C2CCCCC2)CC1.C1CCC([N-]C2CCCCC2)CC1.[Li+].[Li+]. The van der Waals surface area contributed by atoms with E-state index in [0.29, 0.717) is 0 Å². The van der Waals surface area contributed by atoms with Gasteiger partial charge in [-0.1, -0.05) is 128 Å². The number of nitrogens with zero attached hydrogens (tertiary/aromatic N) is 2. The molecule has 4 heteroatoms. The topological polar surface area (TPSA) is 28.2 Å². The quantitative estimate of drug-likeness (QED) is 0.674. The van der Waals surface area contributed by atoms with Crippen LogP contribution in [0.5, 0.6) is 0 Å². The predicted octanol–water partition coefficient (Wildman–Crippen LogP) is 2.06. The third-order valence-electron chi connectivity index (χ3n) is 7.14. The average Bonchev–Trinajstić information content (AvgIpc) is 2.72. The number of hydrogen-bond donors (Lipinski definition) is 0. The van der Waals surface area contributed by atoms with Crippen molar-refractivity contribution in [1.82, 2.24) is 0 Å². The van der Waals surface area contributed by atoms with Crippen LogP contribution >= 0.6 is 0 Å². The van der Waals surface area contributed by atoms with Gasteiger partial charge >= 0.3 is 37.7 Å². The molecule has 4 fully saturated rings. The summed E-state index contributed by atoms with van der Waals surface area (Å²) in [5.41, 5.74) is 0. The molecule has 0 spiro atoms. The van der Waals surface area contributed by atoms with E-state index in [1.165, 1.54) is 128 Å². The summed E-state index contributed by atoms with van der Waals surface area (Å²) in [5.74, 6) is 0. The third-order valence-corrected chi connectivity index (χ3v) is 7.14. The van der Waals surface area contributed by atoms with E-state index in [1.807, 2.05) is 0 Å². The molecule has 0 aromatic carbocycles. The second kappa shape index (κ2) is 16.8. The average molecular weight is 375 g/mol. The van der Waals surface area contributed by atoms with Crippen LogP contribution in [0, 0.1) is 0 Å². The standard InChI is InChI=1S/2C12H22N.2Li/c2*1-3-7-11(8-4-1)13-12-9-5-2-6-10-12;;/h2*11-12H,1-10H2;;/q2*-1;2*+1. The Morgan fingerprint density at radius 1 is 0.286 bits per heavy atom. The molecular formula is C24H44Li2N2. The Kier molecular flexibility index (Phi) is 16.3. The summed E-state index contributed by atoms with van der Waals surface area (Å²) in [6.45, 7) is 0. The van der Waals surface area contributed by atoms with Gasteiger partial charge in [0.25, 0.3) is 0 Å². The first-order valence-corrected chi connectivity index (χ1v) is 12.3. The molecule has 28 heavy (non-hydrogen) atoms. The van der Waals surface area contributed by atoms with Gasteiger partial charge in [-0.25, -0.2) is 0 Å². The van der Waals surface area contributed by atoms with Gasteiger partial charge in [-0.05, 0) is 0 Å². The van der Waals surface area contributed by atoms with Gasteiger partial charge in [0.2, 0.25) is 0 Å². The minimum atomic E-state index is 0. The zero-order valence-corrected chi connectivity index (χ0v) is 19.3.